The number of halogens is 1. The van der Waals surface area contributed by atoms with E-state index in [1.807, 2.05) is 18.2 Å². The number of nitrogens with one attached hydrogen (secondary N) is 1. The zero-order chi connectivity index (χ0) is 17.6. The summed E-state index contributed by atoms with van der Waals surface area (Å²) < 4.78 is 5.15. The first kappa shape index (κ1) is 15.6. The van der Waals surface area contributed by atoms with Crippen LogP contribution in [0.2, 0.25) is 5.15 Å². The molecule has 0 fully saturated rings. The first-order chi connectivity index (χ1) is 12.1. The normalized spacial score (nSPS) is 12.0. The molecule has 0 saturated carbocycles. The molecular weight excluding hydrogens is 340 g/mol. The van der Waals surface area contributed by atoms with Gasteiger partial charge in [-0.25, -0.2) is 9.78 Å². The largest absolute Gasteiger partial charge is 0.461 e. The van der Waals surface area contributed by atoms with Crippen LogP contribution in [0.25, 0.3) is 22.4 Å². The van der Waals surface area contributed by atoms with Gasteiger partial charge in [0.2, 0.25) is 0 Å². The second-order valence-electron chi connectivity index (χ2n) is 5.56. The van der Waals surface area contributed by atoms with E-state index in [0.29, 0.717) is 27.9 Å². The molecule has 2 aromatic heterocycles. The fraction of sp³-hybridized carbons (Fsp3) is 0.105. The van der Waals surface area contributed by atoms with Crippen LogP contribution in [-0.2, 0) is 4.74 Å². The van der Waals surface area contributed by atoms with Gasteiger partial charge in [-0.1, -0.05) is 35.9 Å². The Morgan fingerprint density at radius 1 is 1.12 bits per heavy atom. The summed E-state index contributed by atoms with van der Waals surface area (Å²) in [6.07, 6.45) is 1.55. The summed E-state index contributed by atoms with van der Waals surface area (Å²) in [6.45, 7) is 1.96. The molecule has 3 aromatic rings. The standard InChI is InChI=1S/C19H13ClN2O3/c1-2-25-19(24)16-13(12-8-5-9-21-18(12)20)14-15(22-16)10-6-3-4-7-11(10)17(14)23/h3-9,22H,2H2,1H3. The number of nitrogens with zero attached hydrogens (tertiary/aromatic N) is 1. The molecule has 0 radical (unpaired) electrons. The third-order valence-electron chi connectivity index (χ3n) is 4.18. The van der Waals surface area contributed by atoms with E-state index < -0.39 is 5.97 Å². The summed E-state index contributed by atoms with van der Waals surface area (Å²) in [6, 6.07) is 10.7. The molecule has 6 heteroatoms. The number of hydrogen-bond acceptors (Lipinski definition) is 4. The second kappa shape index (κ2) is 5.86. The zero-order valence-corrected chi connectivity index (χ0v) is 14.1. The Morgan fingerprint density at radius 3 is 2.56 bits per heavy atom. The highest BCUT2D eigenvalue weighted by molar-refractivity contribution is 6.33. The molecule has 25 heavy (non-hydrogen) atoms. The SMILES string of the molecule is CCOC(=O)c1[nH]c2c(c1-c1cccnc1Cl)C(=O)c1ccccc1-2. The van der Waals surface area contributed by atoms with Crippen LogP contribution in [0.4, 0.5) is 0 Å². The van der Waals surface area contributed by atoms with Gasteiger partial charge in [-0.3, -0.25) is 4.79 Å². The van der Waals surface area contributed by atoms with Crippen LogP contribution in [0.15, 0.2) is 42.6 Å². The average Bonchev–Trinajstić information content (AvgIpc) is 3.13. The number of ether oxygens (including phenoxy) is 1. The molecule has 0 spiro atoms. The molecule has 1 aromatic carbocycles. The lowest BCUT2D eigenvalue weighted by Gasteiger charge is -2.08. The number of esters is 1. The maximum Gasteiger partial charge on any atom is 0.355 e. The summed E-state index contributed by atoms with van der Waals surface area (Å²) >= 11 is 6.24. The van der Waals surface area contributed by atoms with Crippen LogP contribution in [-0.4, -0.2) is 28.3 Å². The lowest BCUT2D eigenvalue weighted by Crippen LogP contribution is -2.08. The van der Waals surface area contributed by atoms with Crippen molar-refractivity contribution in [2.75, 3.05) is 6.61 Å². The smallest absolute Gasteiger partial charge is 0.355 e. The minimum absolute atomic E-state index is 0.146. The van der Waals surface area contributed by atoms with Gasteiger partial charge in [0.1, 0.15) is 10.8 Å². The van der Waals surface area contributed by atoms with Crippen molar-refractivity contribution in [2.24, 2.45) is 0 Å². The second-order valence-corrected chi connectivity index (χ2v) is 5.92. The highest BCUT2D eigenvalue weighted by Gasteiger charge is 2.36. The Kier molecular flexibility index (Phi) is 3.66. The molecule has 124 valence electrons. The molecule has 0 bridgehead atoms. The Labute approximate surface area is 148 Å². The van der Waals surface area contributed by atoms with Crippen LogP contribution in [0.1, 0.15) is 33.3 Å². The molecule has 2 heterocycles. The number of aromatic nitrogens is 2. The topological polar surface area (TPSA) is 72.1 Å². The van der Waals surface area contributed by atoms with Crippen molar-refractivity contribution < 1.29 is 14.3 Å². The lowest BCUT2D eigenvalue weighted by molar-refractivity contribution is 0.0521. The number of benzene rings is 1. The zero-order valence-electron chi connectivity index (χ0n) is 13.3. The molecule has 4 rings (SSSR count). The number of aromatic amines is 1. The number of carbonyl (C=O) groups is 2. The summed E-state index contributed by atoms with van der Waals surface area (Å²) in [5.41, 5.74) is 3.57. The quantitative estimate of drug-likeness (QED) is 0.444. The van der Waals surface area contributed by atoms with E-state index in [4.69, 9.17) is 16.3 Å². The molecule has 0 amide bonds. The minimum atomic E-state index is -0.530. The summed E-state index contributed by atoms with van der Waals surface area (Å²) in [4.78, 5) is 32.5. The number of pyridine rings is 1. The molecule has 1 aliphatic rings. The number of fused-ring (bicyclic) bond motifs is 3. The maximum absolute atomic E-state index is 13.0. The van der Waals surface area contributed by atoms with E-state index in [0.717, 1.165) is 5.56 Å². The average molecular weight is 353 g/mol. The first-order valence-corrected chi connectivity index (χ1v) is 8.19. The summed E-state index contributed by atoms with van der Waals surface area (Å²) in [7, 11) is 0. The molecule has 0 atom stereocenters. The van der Waals surface area contributed by atoms with Crippen LogP contribution < -0.4 is 0 Å². The van der Waals surface area contributed by atoms with Gasteiger partial charge >= 0.3 is 5.97 Å². The Hall–Kier alpha value is -2.92. The van der Waals surface area contributed by atoms with Gasteiger partial charge in [0.05, 0.1) is 17.9 Å². The molecular formula is C19H13ClN2O3. The molecule has 0 aliphatic heterocycles. The Bertz CT molecular complexity index is 1020. The Balaban J connectivity index is 2.03. The third kappa shape index (κ3) is 2.27. The van der Waals surface area contributed by atoms with E-state index in [1.54, 1.807) is 31.3 Å². The van der Waals surface area contributed by atoms with E-state index >= 15 is 0 Å². The van der Waals surface area contributed by atoms with Gasteiger partial charge in [-0.2, -0.15) is 0 Å². The molecule has 1 aliphatic carbocycles. The van der Waals surface area contributed by atoms with E-state index in [-0.39, 0.29) is 23.2 Å². The predicted octanol–water partition coefficient (Wildman–Crippen LogP) is 4.12. The predicted molar refractivity (Wildman–Crippen MR) is 93.9 cm³/mol. The fourth-order valence-electron chi connectivity index (χ4n) is 3.16. The minimum Gasteiger partial charge on any atom is -0.461 e. The van der Waals surface area contributed by atoms with Crippen molar-refractivity contribution in [1.82, 2.24) is 9.97 Å². The molecule has 5 nitrogen and oxygen atoms in total. The van der Waals surface area contributed by atoms with Crippen molar-refractivity contribution in [2.45, 2.75) is 6.92 Å². The van der Waals surface area contributed by atoms with E-state index in [9.17, 15) is 9.59 Å². The van der Waals surface area contributed by atoms with Gasteiger partial charge in [0.25, 0.3) is 0 Å². The van der Waals surface area contributed by atoms with Crippen molar-refractivity contribution in [3.63, 3.8) is 0 Å². The van der Waals surface area contributed by atoms with Crippen molar-refractivity contribution in [3.8, 4) is 22.4 Å². The number of carbonyl (C=O) groups excluding carboxylic acids is 2. The number of ketones is 1. The van der Waals surface area contributed by atoms with Crippen LogP contribution >= 0.6 is 11.6 Å². The fourth-order valence-corrected chi connectivity index (χ4v) is 3.37. The number of H-pyrrole nitrogens is 1. The van der Waals surface area contributed by atoms with Gasteiger partial charge in [0, 0.05) is 28.5 Å². The van der Waals surface area contributed by atoms with Crippen molar-refractivity contribution >= 4 is 23.4 Å². The molecule has 1 N–H and O–H groups in total. The first-order valence-electron chi connectivity index (χ1n) is 7.81. The summed E-state index contributed by atoms with van der Waals surface area (Å²) in [5, 5.41) is 0.221. The highest BCUT2D eigenvalue weighted by Crippen LogP contribution is 2.44. The van der Waals surface area contributed by atoms with Crippen molar-refractivity contribution in [1.29, 1.82) is 0 Å². The highest BCUT2D eigenvalue weighted by atomic mass is 35.5. The van der Waals surface area contributed by atoms with Crippen molar-refractivity contribution in [3.05, 3.63) is 64.6 Å². The third-order valence-corrected chi connectivity index (χ3v) is 4.48. The van der Waals surface area contributed by atoms with Crippen LogP contribution in [0, 0.1) is 0 Å². The maximum atomic E-state index is 13.0. The number of hydrogen-bond donors (Lipinski definition) is 1. The van der Waals surface area contributed by atoms with Gasteiger partial charge in [-0.05, 0) is 19.1 Å². The number of rotatable bonds is 3. The van der Waals surface area contributed by atoms with E-state index in [2.05, 4.69) is 9.97 Å². The van der Waals surface area contributed by atoms with Crippen LogP contribution in [0.5, 0.6) is 0 Å². The van der Waals surface area contributed by atoms with Crippen LogP contribution in [0.3, 0.4) is 0 Å². The van der Waals surface area contributed by atoms with E-state index in [1.165, 1.54) is 0 Å². The monoisotopic (exact) mass is 352 g/mol. The lowest BCUT2D eigenvalue weighted by atomic mass is 10.00. The van der Waals surface area contributed by atoms with Gasteiger partial charge in [0.15, 0.2) is 5.78 Å². The molecule has 0 saturated heterocycles. The van der Waals surface area contributed by atoms with Gasteiger partial charge in [-0.15, -0.1) is 0 Å². The molecule has 0 unspecified atom stereocenters. The summed E-state index contributed by atoms with van der Waals surface area (Å²) in [5.74, 6) is -0.676. The van der Waals surface area contributed by atoms with Gasteiger partial charge < -0.3 is 9.72 Å². The Morgan fingerprint density at radius 2 is 1.84 bits per heavy atom.